The highest BCUT2D eigenvalue weighted by Crippen LogP contribution is 2.46. The van der Waals surface area contributed by atoms with Crippen LogP contribution in [0.2, 0.25) is 0 Å². The van der Waals surface area contributed by atoms with Crippen LogP contribution < -0.4 is 5.43 Å². The van der Waals surface area contributed by atoms with Crippen LogP contribution in [0, 0.1) is 5.92 Å². The number of halogens is 3. The third kappa shape index (κ3) is 3.59. The molecule has 1 aromatic heterocycles. The van der Waals surface area contributed by atoms with Gasteiger partial charge in [-0.2, -0.15) is 13.2 Å². The van der Waals surface area contributed by atoms with Gasteiger partial charge in [0.1, 0.15) is 0 Å². The molecule has 0 bridgehead atoms. The summed E-state index contributed by atoms with van der Waals surface area (Å²) in [5.74, 6) is 0.287. The number of alkyl halides is 3. The number of urea groups is 1. The molecule has 1 aliphatic heterocycles. The SMILES string of the molecule is CC(C)C1CN(C)C(=O)N1NC1(c2cn(-c3cccc(C(F)(F)F)c3)cn2)CC1. The van der Waals surface area contributed by atoms with Gasteiger partial charge in [0, 0.05) is 25.5 Å². The Morgan fingerprint density at radius 1 is 1.28 bits per heavy atom. The third-order valence-electron chi connectivity index (χ3n) is 5.72. The molecule has 1 N–H and O–H groups in total. The first kappa shape index (κ1) is 19.8. The maximum Gasteiger partial charge on any atom is 0.416 e. The zero-order valence-corrected chi connectivity index (χ0v) is 16.6. The second-order valence-electron chi connectivity index (χ2n) is 8.25. The molecule has 2 aliphatic rings. The van der Waals surface area contributed by atoms with Crippen molar-refractivity contribution < 1.29 is 18.0 Å². The highest BCUT2D eigenvalue weighted by atomic mass is 19.4. The topological polar surface area (TPSA) is 53.4 Å². The minimum Gasteiger partial charge on any atom is -0.324 e. The molecule has 156 valence electrons. The Kier molecular flexibility index (Phi) is 4.60. The number of hydrogen-bond donors (Lipinski definition) is 1. The van der Waals surface area contributed by atoms with Crippen LogP contribution in [0.1, 0.15) is 37.9 Å². The van der Waals surface area contributed by atoms with Crippen molar-refractivity contribution in [1.29, 1.82) is 0 Å². The van der Waals surface area contributed by atoms with Gasteiger partial charge in [0.15, 0.2) is 0 Å². The zero-order valence-electron chi connectivity index (χ0n) is 16.6. The van der Waals surface area contributed by atoms with E-state index in [9.17, 15) is 18.0 Å². The molecule has 4 rings (SSSR count). The van der Waals surface area contributed by atoms with Gasteiger partial charge >= 0.3 is 12.2 Å². The van der Waals surface area contributed by atoms with E-state index in [0.717, 1.165) is 30.7 Å². The second-order valence-corrected chi connectivity index (χ2v) is 8.25. The molecule has 1 saturated heterocycles. The van der Waals surface area contributed by atoms with E-state index < -0.39 is 17.3 Å². The van der Waals surface area contributed by atoms with Crippen molar-refractivity contribution in [1.82, 2.24) is 24.9 Å². The van der Waals surface area contributed by atoms with Crippen LogP contribution in [0.25, 0.3) is 5.69 Å². The van der Waals surface area contributed by atoms with Gasteiger partial charge in [0.05, 0.1) is 29.2 Å². The molecule has 2 fully saturated rings. The van der Waals surface area contributed by atoms with Gasteiger partial charge in [0.2, 0.25) is 0 Å². The van der Waals surface area contributed by atoms with Crippen molar-refractivity contribution in [2.24, 2.45) is 5.92 Å². The lowest BCUT2D eigenvalue weighted by molar-refractivity contribution is -0.137. The summed E-state index contributed by atoms with van der Waals surface area (Å²) < 4.78 is 40.6. The van der Waals surface area contributed by atoms with Crippen LogP contribution in [0.4, 0.5) is 18.0 Å². The number of imidazole rings is 1. The fourth-order valence-electron chi connectivity index (χ4n) is 3.74. The number of amides is 2. The summed E-state index contributed by atoms with van der Waals surface area (Å²) >= 11 is 0. The molecule has 0 spiro atoms. The molecule has 1 saturated carbocycles. The predicted molar refractivity (Wildman–Crippen MR) is 101 cm³/mol. The maximum absolute atomic E-state index is 13.0. The number of carbonyl (C=O) groups is 1. The van der Waals surface area contributed by atoms with Gasteiger partial charge in [-0.15, -0.1) is 0 Å². The molecule has 6 nitrogen and oxygen atoms in total. The highest BCUT2D eigenvalue weighted by Gasteiger charge is 2.51. The molecular weight excluding hydrogens is 383 g/mol. The number of carbonyl (C=O) groups excluding carboxylic acids is 1. The van der Waals surface area contributed by atoms with E-state index in [1.54, 1.807) is 33.8 Å². The lowest BCUT2D eigenvalue weighted by Gasteiger charge is -2.30. The summed E-state index contributed by atoms with van der Waals surface area (Å²) in [5, 5.41) is 1.70. The number of nitrogens with zero attached hydrogens (tertiary/aromatic N) is 4. The van der Waals surface area contributed by atoms with Gasteiger partial charge in [-0.1, -0.05) is 19.9 Å². The lowest BCUT2D eigenvalue weighted by Crippen LogP contribution is -2.52. The summed E-state index contributed by atoms with van der Waals surface area (Å²) in [5.41, 5.74) is 3.34. The predicted octanol–water partition coefficient (Wildman–Crippen LogP) is 3.78. The van der Waals surface area contributed by atoms with Crippen LogP contribution in [0.5, 0.6) is 0 Å². The zero-order chi connectivity index (χ0) is 21.0. The molecule has 2 amide bonds. The molecule has 2 heterocycles. The van der Waals surface area contributed by atoms with Crippen molar-refractivity contribution in [3.63, 3.8) is 0 Å². The molecule has 1 atom stereocenters. The van der Waals surface area contributed by atoms with E-state index in [4.69, 9.17) is 0 Å². The number of hydrazine groups is 1. The molecule has 1 unspecified atom stereocenters. The van der Waals surface area contributed by atoms with Crippen molar-refractivity contribution in [3.05, 3.63) is 48.0 Å². The molecule has 2 aromatic rings. The van der Waals surface area contributed by atoms with Crippen LogP contribution in [0.15, 0.2) is 36.8 Å². The second kappa shape index (κ2) is 6.76. The summed E-state index contributed by atoms with van der Waals surface area (Å²) in [6.07, 6.45) is 0.483. The van der Waals surface area contributed by atoms with E-state index in [0.29, 0.717) is 12.2 Å². The Morgan fingerprint density at radius 2 is 2.00 bits per heavy atom. The van der Waals surface area contributed by atoms with Crippen molar-refractivity contribution in [2.45, 2.75) is 44.4 Å². The van der Waals surface area contributed by atoms with E-state index in [-0.39, 0.29) is 18.0 Å². The normalized spacial score (nSPS) is 21.3. The number of rotatable bonds is 5. The summed E-state index contributed by atoms with van der Waals surface area (Å²) in [7, 11) is 1.78. The fraction of sp³-hybridized carbons (Fsp3) is 0.500. The highest BCUT2D eigenvalue weighted by molar-refractivity contribution is 5.76. The Morgan fingerprint density at radius 3 is 2.62 bits per heavy atom. The van der Waals surface area contributed by atoms with E-state index >= 15 is 0 Å². The largest absolute Gasteiger partial charge is 0.416 e. The molecule has 1 aliphatic carbocycles. The van der Waals surface area contributed by atoms with Crippen LogP contribution >= 0.6 is 0 Å². The number of benzene rings is 1. The number of hydrogen-bond acceptors (Lipinski definition) is 3. The quantitative estimate of drug-likeness (QED) is 0.821. The molecule has 9 heteroatoms. The van der Waals surface area contributed by atoms with Gasteiger partial charge in [-0.05, 0) is 37.0 Å². The standard InChI is InChI=1S/C20H24F3N5O/c1-13(2)16-10-26(3)18(29)28(16)25-19(7-8-19)17-11-27(12-24-17)15-6-4-5-14(9-15)20(21,22)23/h4-6,9,11-13,16,25H,7-8,10H2,1-3H3. The van der Waals surface area contributed by atoms with E-state index in [1.807, 2.05) is 0 Å². The summed E-state index contributed by atoms with van der Waals surface area (Å²) in [6, 6.07) is 5.12. The Hall–Kier alpha value is -2.55. The third-order valence-corrected chi connectivity index (χ3v) is 5.72. The molecule has 0 radical (unpaired) electrons. The van der Waals surface area contributed by atoms with E-state index in [1.165, 1.54) is 12.4 Å². The first-order valence-corrected chi connectivity index (χ1v) is 9.65. The first-order valence-electron chi connectivity index (χ1n) is 9.65. The van der Waals surface area contributed by atoms with Crippen LogP contribution in [0.3, 0.4) is 0 Å². The van der Waals surface area contributed by atoms with E-state index in [2.05, 4.69) is 24.3 Å². The van der Waals surface area contributed by atoms with Crippen molar-refractivity contribution >= 4 is 6.03 Å². The number of aromatic nitrogens is 2. The van der Waals surface area contributed by atoms with Crippen LogP contribution in [-0.2, 0) is 11.7 Å². The lowest BCUT2D eigenvalue weighted by atomic mass is 10.1. The maximum atomic E-state index is 13.0. The fourth-order valence-corrected chi connectivity index (χ4v) is 3.74. The smallest absolute Gasteiger partial charge is 0.324 e. The minimum absolute atomic E-state index is 0.0514. The van der Waals surface area contributed by atoms with Gasteiger partial charge in [-0.3, -0.25) is 5.01 Å². The average Bonchev–Trinajstić information content (AvgIpc) is 3.16. The van der Waals surface area contributed by atoms with Gasteiger partial charge < -0.3 is 9.47 Å². The monoisotopic (exact) mass is 407 g/mol. The Labute approximate surface area is 167 Å². The van der Waals surface area contributed by atoms with Gasteiger partial charge in [-0.25, -0.2) is 15.2 Å². The number of likely N-dealkylation sites (N-methyl/N-ethyl adjacent to an activating group) is 1. The first-order chi connectivity index (χ1) is 13.6. The average molecular weight is 407 g/mol. The Bertz CT molecular complexity index is 919. The summed E-state index contributed by atoms with van der Waals surface area (Å²) in [4.78, 5) is 18.7. The van der Waals surface area contributed by atoms with Crippen molar-refractivity contribution in [2.75, 3.05) is 13.6 Å². The van der Waals surface area contributed by atoms with Gasteiger partial charge in [0.25, 0.3) is 0 Å². The summed E-state index contributed by atoms with van der Waals surface area (Å²) in [6.45, 7) is 4.81. The molecule has 29 heavy (non-hydrogen) atoms. The number of nitrogens with one attached hydrogen (secondary N) is 1. The van der Waals surface area contributed by atoms with Crippen LogP contribution in [-0.4, -0.2) is 45.1 Å². The molecule has 1 aromatic carbocycles. The minimum atomic E-state index is -4.40. The molecular formula is C20H24F3N5O. The van der Waals surface area contributed by atoms with Crippen molar-refractivity contribution in [3.8, 4) is 5.69 Å². The Balaban J connectivity index is 1.58.